The molecule has 0 amide bonds. The molecule has 0 aromatic heterocycles. The monoisotopic (exact) mass is 203 g/mol. The van der Waals surface area contributed by atoms with E-state index in [-0.39, 0.29) is 18.9 Å². The van der Waals surface area contributed by atoms with E-state index < -0.39 is 9.05 Å². The van der Waals surface area contributed by atoms with Crippen molar-refractivity contribution in [3.63, 3.8) is 0 Å². The average molecular weight is 203 g/mol. The van der Waals surface area contributed by atoms with Crippen molar-refractivity contribution in [2.75, 3.05) is 21.3 Å². The fraction of sp³-hybridized carbons (Fsp3) is 0.800. The zero-order valence-electron chi connectivity index (χ0n) is 8.04. The summed E-state index contributed by atoms with van der Waals surface area (Å²) in [6.45, 7) is 1.63. The number of rotatable bonds is 4. The maximum absolute atomic E-state index is 5.09. The van der Waals surface area contributed by atoms with Crippen molar-refractivity contribution in [2.24, 2.45) is 0 Å². The summed E-state index contributed by atoms with van der Waals surface area (Å²) in [5, 5.41) is 0.349. The summed E-state index contributed by atoms with van der Waals surface area (Å²) in [5.41, 5.74) is 0. The van der Waals surface area contributed by atoms with Crippen LogP contribution < -0.4 is 0 Å². The first-order valence-corrected chi connectivity index (χ1v) is 4.99. The van der Waals surface area contributed by atoms with Crippen molar-refractivity contribution in [1.29, 1.82) is 0 Å². The first-order chi connectivity index (χ1) is 5.10. The molecule has 0 rings (SSSR count). The van der Waals surface area contributed by atoms with E-state index in [1.807, 2.05) is 0 Å². The second kappa shape index (κ2) is 7.03. The SMILES string of the molecule is CO[Si](OC)(OC)OC(C)=S.[Li]. The molecule has 4 nitrogen and oxygen atoms in total. The molecule has 7 heteroatoms. The Morgan fingerprint density at radius 3 is 1.50 bits per heavy atom. The molecule has 0 spiro atoms. The van der Waals surface area contributed by atoms with E-state index in [0.29, 0.717) is 5.05 Å². The van der Waals surface area contributed by atoms with Gasteiger partial charge in [0.1, 0.15) is 5.05 Å². The Bertz CT molecular complexity index is 133. The van der Waals surface area contributed by atoms with Crippen LogP contribution in [-0.4, -0.2) is 54.3 Å². The van der Waals surface area contributed by atoms with E-state index >= 15 is 0 Å². The quantitative estimate of drug-likeness (QED) is 0.486. The Labute approximate surface area is 91.2 Å². The summed E-state index contributed by atoms with van der Waals surface area (Å²) >= 11 is 4.72. The number of hydrogen-bond donors (Lipinski definition) is 0. The molecule has 0 aliphatic heterocycles. The van der Waals surface area contributed by atoms with E-state index in [1.54, 1.807) is 6.92 Å². The molecule has 0 aromatic rings. The molecule has 12 heavy (non-hydrogen) atoms. The van der Waals surface area contributed by atoms with Crippen LogP contribution in [0.1, 0.15) is 6.92 Å². The van der Waals surface area contributed by atoms with Crippen LogP contribution in [0.4, 0.5) is 0 Å². The Hall–Kier alpha value is 0.584. The second-order valence-corrected chi connectivity index (χ2v) is 4.71. The number of hydrogen-bond acceptors (Lipinski definition) is 5. The summed E-state index contributed by atoms with van der Waals surface area (Å²) < 4.78 is 19.9. The van der Waals surface area contributed by atoms with Gasteiger partial charge in [-0.25, -0.2) is 0 Å². The Morgan fingerprint density at radius 2 is 1.42 bits per heavy atom. The predicted molar refractivity (Wildman–Crippen MR) is 51.9 cm³/mol. The third-order valence-corrected chi connectivity index (χ3v) is 3.31. The summed E-state index contributed by atoms with van der Waals surface area (Å²) in [7, 11) is 1.45. The smallest absolute Gasteiger partial charge is 0.474 e. The molecule has 0 saturated carbocycles. The Morgan fingerprint density at radius 1 is 1.08 bits per heavy atom. The third-order valence-electron chi connectivity index (χ3n) is 1.02. The minimum Gasteiger partial charge on any atom is -0.474 e. The zero-order valence-corrected chi connectivity index (χ0v) is 9.86. The Balaban J connectivity index is 0. The zero-order chi connectivity index (χ0) is 8.91. The summed E-state index contributed by atoms with van der Waals surface area (Å²) in [5.74, 6) is 0. The van der Waals surface area contributed by atoms with E-state index in [1.165, 1.54) is 21.3 Å². The second-order valence-electron chi connectivity index (χ2n) is 1.71. The fourth-order valence-corrected chi connectivity index (χ4v) is 1.96. The van der Waals surface area contributed by atoms with Gasteiger partial charge in [0.2, 0.25) is 0 Å². The van der Waals surface area contributed by atoms with Crippen LogP contribution in [0.25, 0.3) is 0 Å². The van der Waals surface area contributed by atoms with E-state index in [9.17, 15) is 0 Å². The van der Waals surface area contributed by atoms with Crippen molar-refractivity contribution in [1.82, 2.24) is 0 Å². The van der Waals surface area contributed by atoms with Crippen molar-refractivity contribution >= 4 is 45.2 Å². The van der Waals surface area contributed by atoms with Crippen LogP contribution in [0.3, 0.4) is 0 Å². The van der Waals surface area contributed by atoms with Crippen LogP contribution >= 0.6 is 12.2 Å². The molecule has 0 N–H and O–H groups in total. The molecule has 0 unspecified atom stereocenters. The van der Waals surface area contributed by atoms with Gasteiger partial charge in [-0.1, -0.05) is 0 Å². The summed E-state index contributed by atoms with van der Waals surface area (Å²) in [6, 6.07) is 0. The van der Waals surface area contributed by atoms with Crippen LogP contribution in [0.15, 0.2) is 0 Å². The first-order valence-electron chi connectivity index (χ1n) is 2.95. The molecular formula is C5H12LiO4SSi. The van der Waals surface area contributed by atoms with Gasteiger partial charge in [-0.05, 0) is 12.2 Å². The van der Waals surface area contributed by atoms with Gasteiger partial charge < -0.3 is 17.7 Å². The van der Waals surface area contributed by atoms with Crippen LogP contribution in [0.5, 0.6) is 0 Å². The normalized spacial score (nSPS) is 10.3. The van der Waals surface area contributed by atoms with Gasteiger partial charge in [0.15, 0.2) is 0 Å². The van der Waals surface area contributed by atoms with Gasteiger partial charge in [-0.3, -0.25) is 0 Å². The maximum atomic E-state index is 5.09. The predicted octanol–water partition coefficient (Wildman–Crippen LogP) is 0.344. The van der Waals surface area contributed by atoms with E-state index in [2.05, 4.69) is 0 Å². The van der Waals surface area contributed by atoms with E-state index in [0.717, 1.165) is 0 Å². The maximum Gasteiger partial charge on any atom is 0.749 e. The van der Waals surface area contributed by atoms with Crippen molar-refractivity contribution < 1.29 is 17.7 Å². The Kier molecular flexibility index (Phi) is 8.83. The van der Waals surface area contributed by atoms with Crippen molar-refractivity contribution in [2.45, 2.75) is 6.92 Å². The van der Waals surface area contributed by atoms with E-state index in [4.69, 9.17) is 29.9 Å². The molecule has 0 heterocycles. The van der Waals surface area contributed by atoms with Crippen LogP contribution in [0.2, 0.25) is 0 Å². The van der Waals surface area contributed by atoms with Crippen molar-refractivity contribution in [3.8, 4) is 0 Å². The molecule has 0 aromatic carbocycles. The minimum absolute atomic E-state index is 0. The molecule has 0 saturated heterocycles. The van der Waals surface area contributed by atoms with Crippen LogP contribution in [0, 0.1) is 0 Å². The number of thiocarbonyl (C=S) groups is 1. The van der Waals surface area contributed by atoms with Gasteiger partial charge in [-0.15, -0.1) is 0 Å². The first kappa shape index (κ1) is 15.1. The van der Waals surface area contributed by atoms with Gasteiger partial charge in [0.05, 0.1) is 0 Å². The van der Waals surface area contributed by atoms with Gasteiger partial charge in [0.25, 0.3) is 0 Å². The minimum atomic E-state index is -2.92. The largest absolute Gasteiger partial charge is 0.749 e. The molecule has 0 bridgehead atoms. The average Bonchev–Trinajstić information content (AvgIpc) is 2.00. The van der Waals surface area contributed by atoms with Gasteiger partial charge >= 0.3 is 9.05 Å². The molecule has 0 aliphatic carbocycles. The standard InChI is InChI=1S/C5H12O4SSi.Li/c1-5(10)9-11(6-2,7-3)8-4;/h1-4H3;. The summed E-state index contributed by atoms with van der Waals surface area (Å²) in [6.07, 6.45) is 0. The molecule has 0 aliphatic rings. The molecule has 67 valence electrons. The van der Waals surface area contributed by atoms with Gasteiger partial charge in [0, 0.05) is 47.1 Å². The molecule has 1 radical (unpaired) electrons. The van der Waals surface area contributed by atoms with Gasteiger partial charge in [-0.2, -0.15) is 0 Å². The molecule has 0 atom stereocenters. The van der Waals surface area contributed by atoms with Crippen molar-refractivity contribution in [3.05, 3.63) is 0 Å². The molecule has 0 fully saturated rings. The third kappa shape index (κ3) is 4.57. The fourth-order valence-electron chi connectivity index (χ4n) is 0.551. The summed E-state index contributed by atoms with van der Waals surface area (Å²) in [4.78, 5) is 0. The topological polar surface area (TPSA) is 36.9 Å². The molecular weight excluding hydrogens is 191 g/mol. The van der Waals surface area contributed by atoms with Crippen LogP contribution in [-0.2, 0) is 17.7 Å².